The predicted molar refractivity (Wildman–Crippen MR) is 85.9 cm³/mol. The van der Waals surface area contributed by atoms with E-state index in [4.69, 9.17) is 0 Å². The van der Waals surface area contributed by atoms with Crippen LogP contribution < -0.4 is 10.6 Å². The lowest BCUT2D eigenvalue weighted by Crippen LogP contribution is -2.36. The van der Waals surface area contributed by atoms with Crippen LogP contribution in [-0.2, 0) is 11.3 Å². The van der Waals surface area contributed by atoms with Gasteiger partial charge in [0.15, 0.2) is 0 Å². The molecule has 2 heterocycles. The lowest BCUT2D eigenvalue weighted by Gasteiger charge is -2.13. The van der Waals surface area contributed by atoms with E-state index in [0.717, 1.165) is 5.56 Å². The molecule has 1 aromatic heterocycles. The molecular formula is C14H19ClN6O2. The molecule has 1 aliphatic rings. The van der Waals surface area contributed by atoms with Crippen LogP contribution >= 0.6 is 12.4 Å². The van der Waals surface area contributed by atoms with Crippen molar-refractivity contribution in [3.05, 3.63) is 30.3 Å². The Labute approximate surface area is 139 Å². The van der Waals surface area contributed by atoms with Gasteiger partial charge in [0, 0.05) is 31.1 Å². The number of β-amino-alcohol motifs (C(OH)–C–C–N with tert-alkyl or cyclic N) is 1. The van der Waals surface area contributed by atoms with Crippen LogP contribution in [0.15, 0.2) is 30.3 Å². The third-order valence-electron chi connectivity index (χ3n) is 3.64. The monoisotopic (exact) mass is 338 g/mol. The summed E-state index contributed by atoms with van der Waals surface area (Å²) in [7, 11) is 0. The number of rotatable bonds is 5. The van der Waals surface area contributed by atoms with Crippen LogP contribution in [0.3, 0.4) is 0 Å². The number of nitrogens with zero attached hydrogens (tertiary/aromatic N) is 4. The van der Waals surface area contributed by atoms with Crippen molar-refractivity contribution in [2.45, 2.75) is 12.6 Å². The fraction of sp³-hybridized carbons (Fsp3) is 0.429. The smallest absolute Gasteiger partial charge is 0.243 e. The van der Waals surface area contributed by atoms with Gasteiger partial charge in [-0.3, -0.25) is 4.79 Å². The molecule has 1 fully saturated rings. The second-order valence-electron chi connectivity index (χ2n) is 5.30. The minimum absolute atomic E-state index is 0. The molecule has 2 aromatic rings. The zero-order valence-corrected chi connectivity index (χ0v) is 13.2. The zero-order valence-electron chi connectivity index (χ0n) is 12.4. The number of carbonyl (C=O) groups is 1. The maximum atomic E-state index is 11.9. The van der Waals surface area contributed by atoms with Gasteiger partial charge in [-0.25, -0.2) is 0 Å². The average Bonchev–Trinajstić information content (AvgIpc) is 3.15. The van der Waals surface area contributed by atoms with E-state index < -0.39 is 6.10 Å². The first-order chi connectivity index (χ1) is 10.7. The second kappa shape index (κ2) is 8.00. The predicted octanol–water partition coefficient (Wildman–Crippen LogP) is -0.542. The molecule has 1 aliphatic heterocycles. The van der Waals surface area contributed by atoms with Crippen LogP contribution in [0.2, 0.25) is 0 Å². The normalized spacial score (nSPS) is 20.0. The van der Waals surface area contributed by atoms with Crippen LogP contribution in [0.1, 0.15) is 0 Å². The van der Waals surface area contributed by atoms with Crippen LogP contribution in [0.4, 0.5) is 0 Å². The van der Waals surface area contributed by atoms with E-state index in [9.17, 15) is 9.90 Å². The van der Waals surface area contributed by atoms with Crippen LogP contribution in [0, 0.1) is 5.92 Å². The van der Waals surface area contributed by atoms with Crippen molar-refractivity contribution >= 4 is 18.3 Å². The highest BCUT2D eigenvalue weighted by atomic mass is 35.5. The van der Waals surface area contributed by atoms with E-state index in [1.54, 1.807) is 0 Å². The molecule has 0 radical (unpaired) electrons. The summed E-state index contributed by atoms with van der Waals surface area (Å²) in [6.07, 6.45) is -0.408. The van der Waals surface area contributed by atoms with Crippen molar-refractivity contribution in [2.24, 2.45) is 5.92 Å². The van der Waals surface area contributed by atoms with Gasteiger partial charge in [-0.05, 0) is 5.21 Å². The Morgan fingerprint density at radius 1 is 1.35 bits per heavy atom. The highest BCUT2D eigenvalue weighted by Crippen LogP contribution is 2.11. The van der Waals surface area contributed by atoms with Crippen molar-refractivity contribution in [1.29, 1.82) is 0 Å². The lowest BCUT2D eigenvalue weighted by atomic mass is 10.1. The molecule has 1 saturated heterocycles. The minimum atomic E-state index is -0.408. The first-order valence-electron chi connectivity index (χ1n) is 7.21. The molecule has 3 N–H and O–H groups in total. The number of hydrogen-bond acceptors (Lipinski definition) is 6. The summed E-state index contributed by atoms with van der Waals surface area (Å²) in [5.41, 5.74) is 0.856. The van der Waals surface area contributed by atoms with Gasteiger partial charge < -0.3 is 15.7 Å². The Kier molecular flexibility index (Phi) is 6.03. The summed E-state index contributed by atoms with van der Waals surface area (Å²) in [6.45, 7) is 1.73. The van der Waals surface area contributed by atoms with Gasteiger partial charge in [-0.15, -0.1) is 22.6 Å². The van der Waals surface area contributed by atoms with E-state index >= 15 is 0 Å². The van der Waals surface area contributed by atoms with Crippen molar-refractivity contribution < 1.29 is 9.90 Å². The first-order valence-corrected chi connectivity index (χ1v) is 7.21. The Hall–Kier alpha value is -2.03. The second-order valence-corrected chi connectivity index (χ2v) is 5.30. The van der Waals surface area contributed by atoms with Crippen molar-refractivity contribution in [1.82, 2.24) is 30.8 Å². The standard InChI is InChI=1S/C14H18N6O2.ClH/c21-12-8-15-6-11(12)7-16-13(22)9-20-18-14(17-19-20)10-4-2-1-3-5-10;/h1-5,11-12,15,21H,6-9H2,(H,16,22);1H. The number of aliphatic hydroxyl groups excluding tert-OH is 1. The molecule has 1 amide bonds. The Balaban J connectivity index is 0.00000192. The molecule has 0 spiro atoms. The van der Waals surface area contributed by atoms with E-state index in [2.05, 4.69) is 26.0 Å². The largest absolute Gasteiger partial charge is 0.391 e. The van der Waals surface area contributed by atoms with Gasteiger partial charge in [0.25, 0.3) is 0 Å². The molecule has 124 valence electrons. The van der Waals surface area contributed by atoms with Crippen LogP contribution in [-0.4, -0.2) is 57.0 Å². The van der Waals surface area contributed by atoms with Crippen molar-refractivity contribution in [2.75, 3.05) is 19.6 Å². The minimum Gasteiger partial charge on any atom is -0.391 e. The summed E-state index contributed by atoms with van der Waals surface area (Å²) in [4.78, 5) is 13.1. The van der Waals surface area contributed by atoms with Gasteiger partial charge in [0.2, 0.25) is 11.7 Å². The fourth-order valence-electron chi connectivity index (χ4n) is 2.37. The summed E-state index contributed by atoms with van der Waals surface area (Å²) >= 11 is 0. The number of nitrogens with one attached hydrogen (secondary N) is 2. The van der Waals surface area contributed by atoms with Gasteiger partial charge in [0.05, 0.1) is 6.10 Å². The number of benzene rings is 1. The van der Waals surface area contributed by atoms with Gasteiger partial charge >= 0.3 is 0 Å². The van der Waals surface area contributed by atoms with Gasteiger partial charge in [-0.1, -0.05) is 30.3 Å². The van der Waals surface area contributed by atoms with E-state index in [1.165, 1.54) is 4.80 Å². The number of halogens is 1. The summed E-state index contributed by atoms with van der Waals surface area (Å²) < 4.78 is 0. The number of amides is 1. The number of aromatic nitrogens is 4. The number of carbonyl (C=O) groups excluding carboxylic acids is 1. The average molecular weight is 339 g/mol. The molecule has 9 heteroatoms. The summed E-state index contributed by atoms with van der Waals surface area (Å²) in [6, 6.07) is 9.47. The number of tetrazole rings is 1. The maximum absolute atomic E-state index is 11.9. The third-order valence-corrected chi connectivity index (χ3v) is 3.64. The first kappa shape index (κ1) is 17.3. The Morgan fingerprint density at radius 2 is 2.13 bits per heavy atom. The molecule has 2 atom stereocenters. The highest BCUT2D eigenvalue weighted by molar-refractivity contribution is 5.85. The molecule has 23 heavy (non-hydrogen) atoms. The van der Waals surface area contributed by atoms with E-state index in [0.29, 0.717) is 25.5 Å². The molecule has 8 nitrogen and oxygen atoms in total. The van der Waals surface area contributed by atoms with Crippen LogP contribution in [0.5, 0.6) is 0 Å². The third kappa shape index (κ3) is 4.47. The molecule has 1 aromatic carbocycles. The van der Waals surface area contributed by atoms with Crippen molar-refractivity contribution in [3.63, 3.8) is 0 Å². The summed E-state index contributed by atoms with van der Waals surface area (Å²) in [5, 5.41) is 27.5. The molecule has 0 aliphatic carbocycles. The number of aliphatic hydroxyl groups is 1. The topological polar surface area (TPSA) is 105 Å². The van der Waals surface area contributed by atoms with Gasteiger partial charge in [-0.2, -0.15) is 4.80 Å². The number of hydrogen-bond donors (Lipinski definition) is 3. The van der Waals surface area contributed by atoms with Crippen LogP contribution in [0.25, 0.3) is 11.4 Å². The molecule has 3 rings (SSSR count). The van der Waals surface area contributed by atoms with Crippen molar-refractivity contribution in [3.8, 4) is 11.4 Å². The Bertz CT molecular complexity index is 635. The van der Waals surface area contributed by atoms with E-state index in [-0.39, 0.29) is 30.8 Å². The van der Waals surface area contributed by atoms with E-state index in [1.807, 2.05) is 30.3 Å². The molecule has 0 bridgehead atoms. The zero-order chi connectivity index (χ0) is 15.4. The Morgan fingerprint density at radius 3 is 2.83 bits per heavy atom. The quantitative estimate of drug-likeness (QED) is 0.676. The lowest BCUT2D eigenvalue weighted by molar-refractivity contribution is -0.122. The maximum Gasteiger partial charge on any atom is 0.243 e. The molecular weight excluding hydrogens is 320 g/mol. The molecule has 2 unspecified atom stereocenters. The fourth-order valence-corrected chi connectivity index (χ4v) is 2.37. The molecule has 0 saturated carbocycles. The van der Waals surface area contributed by atoms with Gasteiger partial charge in [0.1, 0.15) is 6.54 Å². The summed E-state index contributed by atoms with van der Waals surface area (Å²) in [5.74, 6) is 0.340. The highest BCUT2D eigenvalue weighted by Gasteiger charge is 2.25. The SMILES string of the molecule is Cl.O=C(Cn1nnc(-c2ccccc2)n1)NCC1CNCC1O.